The van der Waals surface area contributed by atoms with E-state index in [9.17, 15) is 4.79 Å². The van der Waals surface area contributed by atoms with Gasteiger partial charge in [-0.2, -0.15) is 5.10 Å². The molecule has 0 aliphatic carbocycles. The summed E-state index contributed by atoms with van der Waals surface area (Å²) in [6.45, 7) is 1.07. The van der Waals surface area contributed by atoms with Gasteiger partial charge in [-0.1, -0.05) is 72.3 Å². The van der Waals surface area contributed by atoms with E-state index in [0.717, 1.165) is 11.1 Å². The molecule has 0 unspecified atom stereocenters. The molecule has 4 rings (SSSR count). The molecule has 0 bridgehead atoms. The van der Waals surface area contributed by atoms with Crippen LogP contribution in [-0.4, -0.2) is 25.7 Å². The zero-order valence-electron chi connectivity index (χ0n) is 16.0. The summed E-state index contributed by atoms with van der Waals surface area (Å²) in [7, 11) is 0. The fraction of sp³-hybridized carbons (Fsp3) is 0.0909. The van der Waals surface area contributed by atoms with Crippen LogP contribution >= 0.6 is 11.6 Å². The number of carbonyl (C=O) groups excluding carboxylic acids is 1. The van der Waals surface area contributed by atoms with Gasteiger partial charge in [0, 0.05) is 12.6 Å². The number of hydrogen-bond donors (Lipinski definition) is 2. The van der Waals surface area contributed by atoms with E-state index < -0.39 is 5.91 Å². The van der Waals surface area contributed by atoms with Crippen molar-refractivity contribution in [2.24, 2.45) is 0 Å². The van der Waals surface area contributed by atoms with E-state index in [-0.39, 0.29) is 10.7 Å². The van der Waals surface area contributed by atoms with Crippen LogP contribution in [0.3, 0.4) is 0 Å². The van der Waals surface area contributed by atoms with Crippen molar-refractivity contribution in [1.82, 2.24) is 19.7 Å². The number of rotatable bonds is 7. The minimum absolute atomic E-state index is 0.0923. The summed E-state index contributed by atoms with van der Waals surface area (Å²) in [5.74, 6) is 0.448. The molecule has 2 aromatic carbocycles. The first-order valence-electron chi connectivity index (χ1n) is 9.36. The summed E-state index contributed by atoms with van der Waals surface area (Å²) < 4.78 is 1.71. The molecule has 2 heterocycles. The SMILES string of the molecule is O=C(Nc1ccnn1Cc1ccccc1)c1nc(NCc2ccccc2)ncc1Cl. The van der Waals surface area contributed by atoms with Crippen molar-refractivity contribution < 1.29 is 4.79 Å². The Morgan fingerprint density at radius 2 is 1.67 bits per heavy atom. The Labute approximate surface area is 178 Å². The first kappa shape index (κ1) is 19.6. The van der Waals surface area contributed by atoms with Crippen molar-refractivity contribution in [1.29, 1.82) is 0 Å². The Bertz CT molecular complexity index is 1130. The molecule has 0 spiro atoms. The van der Waals surface area contributed by atoms with Gasteiger partial charge in [0.05, 0.1) is 24.0 Å². The molecule has 0 saturated heterocycles. The molecule has 0 saturated carbocycles. The van der Waals surface area contributed by atoms with Crippen molar-refractivity contribution in [3.63, 3.8) is 0 Å². The van der Waals surface area contributed by atoms with Gasteiger partial charge in [-0.3, -0.25) is 4.79 Å². The van der Waals surface area contributed by atoms with E-state index in [2.05, 4.69) is 25.7 Å². The molecule has 0 atom stereocenters. The van der Waals surface area contributed by atoms with Gasteiger partial charge in [0.2, 0.25) is 5.95 Å². The number of aromatic nitrogens is 4. The highest BCUT2D eigenvalue weighted by atomic mass is 35.5. The van der Waals surface area contributed by atoms with Crippen LogP contribution in [-0.2, 0) is 13.1 Å². The molecular formula is C22H19ClN6O. The highest BCUT2D eigenvalue weighted by Crippen LogP contribution is 2.17. The summed E-state index contributed by atoms with van der Waals surface area (Å²) in [6, 6.07) is 21.4. The van der Waals surface area contributed by atoms with Crippen LogP contribution in [0.25, 0.3) is 0 Å². The lowest BCUT2D eigenvalue weighted by atomic mass is 10.2. The lowest BCUT2D eigenvalue weighted by molar-refractivity contribution is 0.102. The second-order valence-electron chi connectivity index (χ2n) is 6.54. The number of halogens is 1. The third-order valence-electron chi connectivity index (χ3n) is 4.39. The van der Waals surface area contributed by atoms with E-state index in [0.29, 0.717) is 24.9 Å². The third-order valence-corrected chi connectivity index (χ3v) is 4.66. The third kappa shape index (κ3) is 4.82. The maximum absolute atomic E-state index is 12.8. The number of anilines is 2. The molecule has 2 N–H and O–H groups in total. The molecule has 2 aromatic heterocycles. The predicted molar refractivity (Wildman–Crippen MR) is 117 cm³/mol. The van der Waals surface area contributed by atoms with E-state index in [1.54, 1.807) is 16.9 Å². The fourth-order valence-corrected chi connectivity index (χ4v) is 3.06. The van der Waals surface area contributed by atoms with E-state index in [1.807, 2.05) is 60.7 Å². The van der Waals surface area contributed by atoms with Gasteiger partial charge >= 0.3 is 0 Å². The Morgan fingerprint density at radius 1 is 0.967 bits per heavy atom. The van der Waals surface area contributed by atoms with E-state index >= 15 is 0 Å². The highest BCUT2D eigenvalue weighted by Gasteiger charge is 2.16. The number of hydrogen-bond acceptors (Lipinski definition) is 5. The number of nitrogens with one attached hydrogen (secondary N) is 2. The van der Waals surface area contributed by atoms with Gasteiger partial charge in [-0.15, -0.1) is 0 Å². The number of amides is 1. The van der Waals surface area contributed by atoms with Crippen LogP contribution in [0.2, 0.25) is 5.02 Å². The Kier molecular flexibility index (Phi) is 6.01. The van der Waals surface area contributed by atoms with Crippen LogP contribution < -0.4 is 10.6 Å². The predicted octanol–water partition coefficient (Wildman–Crippen LogP) is 4.24. The minimum atomic E-state index is -0.431. The number of nitrogens with zero attached hydrogens (tertiary/aromatic N) is 4. The fourth-order valence-electron chi connectivity index (χ4n) is 2.89. The molecule has 0 radical (unpaired) electrons. The van der Waals surface area contributed by atoms with Crippen LogP contribution in [0, 0.1) is 0 Å². The van der Waals surface area contributed by atoms with Crippen molar-refractivity contribution in [2.75, 3.05) is 10.6 Å². The standard InChI is InChI=1S/C22H19ClN6O/c23-18-14-25-22(24-13-16-7-3-1-4-8-16)28-20(18)21(30)27-19-11-12-26-29(19)15-17-9-5-2-6-10-17/h1-12,14H,13,15H2,(H,27,30)(H,24,25,28). The Morgan fingerprint density at radius 3 is 2.40 bits per heavy atom. The molecule has 0 fully saturated rings. The molecular weight excluding hydrogens is 400 g/mol. The molecule has 7 nitrogen and oxygen atoms in total. The van der Waals surface area contributed by atoms with E-state index in [4.69, 9.17) is 11.6 Å². The maximum Gasteiger partial charge on any atom is 0.277 e. The highest BCUT2D eigenvalue weighted by molar-refractivity contribution is 6.34. The van der Waals surface area contributed by atoms with E-state index in [1.165, 1.54) is 6.20 Å². The van der Waals surface area contributed by atoms with Gasteiger partial charge in [0.25, 0.3) is 5.91 Å². The normalized spacial score (nSPS) is 10.6. The molecule has 1 amide bonds. The minimum Gasteiger partial charge on any atom is -0.350 e. The summed E-state index contributed by atoms with van der Waals surface area (Å²) in [5.41, 5.74) is 2.24. The molecule has 150 valence electrons. The number of benzene rings is 2. The lowest BCUT2D eigenvalue weighted by Crippen LogP contribution is -2.19. The smallest absolute Gasteiger partial charge is 0.277 e. The molecule has 30 heavy (non-hydrogen) atoms. The van der Waals surface area contributed by atoms with Crippen molar-refractivity contribution >= 4 is 29.3 Å². The zero-order chi connectivity index (χ0) is 20.8. The van der Waals surface area contributed by atoms with Gasteiger partial charge in [0.15, 0.2) is 5.69 Å². The Hall–Kier alpha value is -3.71. The maximum atomic E-state index is 12.8. The number of carbonyl (C=O) groups is 1. The first-order valence-corrected chi connectivity index (χ1v) is 9.74. The van der Waals surface area contributed by atoms with Gasteiger partial charge in [-0.05, 0) is 11.1 Å². The van der Waals surface area contributed by atoms with Gasteiger partial charge < -0.3 is 10.6 Å². The summed E-state index contributed by atoms with van der Waals surface area (Å²) in [5, 5.41) is 10.4. The second kappa shape index (κ2) is 9.19. The summed E-state index contributed by atoms with van der Waals surface area (Å²) in [4.78, 5) is 21.2. The van der Waals surface area contributed by atoms with Crippen LogP contribution in [0.5, 0.6) is 0 Å². The summed E-state index contributed by atoms with van der Waals surface area (Å²) in [6.07, 6.45) is 3.05. The molecule has 0 aliphatic rings. The van der Waals surface area contributed by atoms with Gasteiger partial charge in [-0.25, -0.2) is 14.6 Å². The van der Waals surface area contributed by atoms with Gasteiger partial charge in [0.1, 0.15) is 5.82 Å². The molecule has 8 heteroatoms. The quantitative estimate of drug-likeness (QED) is 0.469. The Balaban J connectivity index is 1.47. The lowest BCUT2D eigenvalue weighted by Gasteiger charge is -2.11. The molecule has 4 aromatic rings. The largest absolute Gasteiger partial charge is 0.350 e. The van der Waals surface area contributed by atoms with Crippen LogP contribution in [0.1, 0.15) is 21.6 Å². The first-order chi connectivity index (χ1) is 14.7. The van der Waals surface area contributed by atoms with Crippen molar-refractivity contribution in [3.05, 3.63) is 101 Å². The van der Waals surface area contributed by atoms with Crippen molar-refractivity contribution in [2.45, 2.75) is 13.1 Å². The van der Waals surface area contributed by atoms with Crippen LogP contribution in [0.4, 0.5) is 11.8 Å². The average Bonchev–Trinajstić information content (AvgIpc) is 3.21. The zero-order valence-corrected chi connectivity index (χ0v) is 16.8. The molecule has 0 aliphatic heterocycles. The topological polar surface area (TPSA) is 84.7 Å². The van der Waals surface area contributed by atoms with Crippen LogP contribution in [0.15, 0.2) is 79.1 Å². The second-order valence-corrected chi connectivity index (χ2v) is 6.95. The summed E-state index contributed by atoms with van der Waals surface area (Å²) >= 11 is 6.18. The van der Waals surface area contributed by atoms with Crippen molar-refractivity contribution in [3.8, 4) is 0 Å². The monoisotopic (exact) mass is 418 g/mol. The average molecular weight is 419 g/mol.